The zero-order valence-electron chi connectivity index (χ0n) is 9.60. The molecule has 6 nitrogen and oxygen atoms in total. The molecule has 0 saturated heterocycles. The first-order valence-electron chi connectivity index (χ1n) is 5.16. The van der Waals surface area contributed by atoms with Crippen LogP contribution in [0.15, 0.2) is 24.4 Å². The van der Waals surface area contributed by atoms with Gasteiger partial charge in [-0.1, -0.05) is 0 Å². The molecule has 0 aliphatic rings. The van der Waals surface area contributed by atoms with E-state index in [9.17, 15) is 22.8 Å². The number of aromatic nitrogens is 2. The molecule has 0 spiro atoms. The second-order valence-corrected chi connectivity index (χ2v) is 3.69. The van der Waals surface area contributed by atoms with Crippen LogP contribution in [0.1, 0.15) is 10.4 Å². The number of aromatic carboxylic acids is 1. The lowest BCUT2D eigenvalue weighted by Gasteiger charge is -2.10. The fourth-order valence-electron chi connectivity index (χ4n) is 1.44. The summed E-state index contributed by atoms with van der Waals surface area (Å²) in [5, 5.41) is 10.7. The molecule has 0 radical (unpaired) electrons. The van der Waals surface area contributed by atoms with Crippen LogP contribution in [0.5, 0.6) is 0 Å². The molecule has 0 aliphatic heterocycles. The van der Waals surface area contributed by atoms with Crippen molar-refractivity contribution >= 4 is 28.7 Å². The van der Waals surface area contributed by atoms with Crippen molar-refractivity contribution in [2.75, 3.05) is 5.32 Å². The molecule has 2 N–H and O–H groups in total. The minimum Gasteiger partial charge on any atom is -0.478 e. The van der Waals surface area contributed by atoms with Gasteiger partial charge in [0.15, 0.2) is 5.65 Å². The Kier molecular flexibility index (Phi) is 3.26. The number of rotatable bonds is 2. The van der Waals surface area contributed by atoms with Crippen LogP contribution < -0.4 is 5.32 Å². The molecule has 9 heteroatoms. The maximum atomic E-state index is 12.2. The molecule has 2 heterocycles. The fourth-order valence-corrected chi connectivity index (χ4v) is 1.44. The summed E-state index contributed by atoms with van der Waals surface area (Å²) in [7, 11) is 0. The van der Waals surface area contributed by atoms with Gasteiger partial charge in [0.05, 0.1) is 0 Å². The van der Waals surface area contributed by atoms with E-state index in [1.165, 1.54) is 23.6 Å². The Morgan fingerprint density at radius 1 is 1.30 bits per heavy atom. The molecule has 0 aliphatic carbocycles. The molecule has 2 aromatic rings. The number of nitrogens with one attached hydrogen (secondary N) is 1. The Morgan fingerprint density at radius 3 is 2.60 bits per heavy atom. The van der Waals surface area contributed by atoms with Crippen molar-refractivity contribution in [1.29, 1.82) is 0 Å². The Bertz CT molecular complexity index is 700. The van der Waals surface area contributed by atoms with Gasteiger partial charge >= 0.3 is 18.1 Å². The average Bonchev–Trinajstić information content (AvgIpc) is 2.36. The topological polar surface area (TPSA) is 92.2 Å². The normalized spacial score (nSPS) is 11.3. The first-order chi connectivity index (χ1) is 9.29. The van der Waals surface area contributed by atoms with Crippen LogP contribution in [0.3, 0.4) is 0 Å². The molecule has 0 aromatic carbocycles. The second kappa shape index (κ2) is 4.76. The first-order valence-corrected chi connectivity index (χ1v) is 5.16. The predicted octanol–water partition coefficient (Wildman–Crippen LogP) is 1.83. The summed E-state index contributed by atoms with van der Waals surface area (Å²) < 4.78 is 36.5. The van der Waals surface area contributed by atoms with Crippen molar-refractivity contribution in [2.45, 2.75) is 6.18 Å². The molecule has 2 rings (SSSR count). The minimum absolute atomic E-state index is 0.0231. The quantitative estimate of drug-likeness (QED) is 0.878. The monoisotopic (exact) mass is 285 g/mol. The third-order valence-corrected chi connectivity index (χ3v) is 2.31. The fraction of sp³-hybridized carbons (Fsp3) is 0.0909. The highest BCUT2D eigenvalue weighted by Crippen LogP contribution is 2.22. The maximum Gasteiger partial charge on any atom is 0.471 e. The number of anilines is 1. The van der Waals surface area contributed by atoms with E-state index in [0.29, 0.717) is 5.39 Å². The number of halogens is 3. The summed E-state index contributed by atoms with van der Waals surface area (Å²) in [5.74, 6) is -4.52. The number of carboxylic acids is 1. The van der Waals surface area contributed by atoms with E-state index >= 15 is 0 Å². The Labute approximate surface area is 109 Å². The van der Waals surface area contributed by atoms with Crippen molar-refractivity contribution in [2.24, 2.45) is 0 Å². The van der Waals surface area contributed by atoms with E-state index < -0.39 is 29.4 Å². The van der Waals surface area contributed by atoms with Crippen molar-refractivity contribution in [3.05, 3.63) is 30.0 Å². The molecule has 0 bridgehead atoms. The largest absolute Gasteiger partial charge is 0.478 e. The number of carbonyl (C=O) groups excluding carboxylic acids is 1. The van der Waals surface area contributed by atoms with Crippen LogP contribution in [-0.4, -0.2) is 33.1 Å². The SMILES string of the molecule is O=C(O)c1cc2cccnc2nc1NC(=O)C(F)(F)F. The number of amides is 1. The summed E-state index contributed by atoms with van der Waals surface area (Å²) in [4.78, 5) is 29.3. The third-order valence-electron chi connectivity index (χ3n) is 2.31. The van der Waals surface area contributed by atoms with Crippen LogP contribution in [0.2, 0.25) is 0 Å². The molecule has 0 fully saturated rings. The number of hydrogen-bond donors (Lipinski definition) is 2. The van der Waals surface area contributed by atoms with Crippen LogP contribution >= 0.6 is 0 Å². The van der Waals surface area contributed by atoms with E-state index in [1.54, 1.807) is 0 Å². The lowest BCUT2D eigenvalue weighted by molar-refractivity contribution is -0.167. The molecule has 1 amide bonds. The summed E-state index contributed by atoms with van der Waals surface area (Å²) in [6.07, 6.45) is -3.80. The van der Waals surface area contributed by atoms with Crippen LogP contribution in [0.25, 0.3) is 11.0 Å². The van der Waals surface area contributed by atoms with Crippen molar-refractivity contribution in [3.8, 4) is 0 Å². The van der Waals surface area contributed by atoms with E-state index in [0.717, 1.165) is 6.07 Å². The molecule has 104 valence electrons. The summed E-state index contributed by atoms with van der Waals surface area (Å²) in [6, 6.07) is 4.10. The van der Waals surface area contributed by atoms with E-state index in [2.05, 4.69) is 9.97 Å². The van der Waals surface area contributed by atoms with Gasteiger partial charge < -0.3 is 10.4 Å². The number of pyridine rings is 2. The minimum atomic E-state index is -5.14. The Hall–Kier alpha value is -2.71. The van der Waals surface area contributed by atoms with E-state index in [4.69, 9.17) is 5.11 Å². The molecule has 0 saturated carbocycles. The molecule has 2 aromatic heterocycles. The van der Waals surface area contributed by atoms with Crippen LogP contribution in [0, 0.1) is 0 Å². The number of alkyl halides is 3. The van der Waals surface area contributed by atoms with Crippen LogP contribution in [-0.2, 0) is 4.79 Å². The first kappa shape index (κ1) is 13.7. The number of hydrogen-bond acceptors (Lipinski definition) is 4. The predicted molar refractivity (Wildman–Crippen MR) is 61.2 cm³/mol. The van der Waals surface area contributed by atoms with Crippen molar-refractivity contribution < 1.29 is 27.9 Å². The van der Waals surface area contributed by atoms with Gasteiger partial charge in [0.1, 0.15) is 11.4 Å². The van der Waals surface area contributed by atoms with Gasteiger partial charge in [-0.15, -0.1) is 0 Å². The highest BCUT2D eigenvalue weighted by Gasteiger charge is 2.39. The Morgan fingerprint density at radius 2 is 2.00 bits per heavy atom. The van der Waals surface area contributed by atoms with Crippen LogP contribution in [0.4, 0.5) is 19.0 Å². The maximum absolute atomic E-state index is 12.2. The van der Waals surface area contributed by atoms with E-state index in [-0.39, 0.29) is 5.65 Å². The number of nitrogens with zero attached hydrogens (tertiary/aromatic N) is 2. The number of carboxylic acid groups (broad SMARTS) is 1. The third kappa shape index (κ3) is 2.66. The molecule has 20 heavy (non-hydrogen) atoms. The number of carbonyl (C=O) groups is 2. The summed E-state index contributed by atoms with van der Waals surface area (Å²) in [5.41, 5.74) is -0.530. The van der Waals surface area contributed by atoms with Gasteiger partial charge in [-0.05, 0) is 18.2 Å². The van der Waals surface area contributed by atoms with Crippen molar-refractivity contribution in [1.82, 2.24) is 9.97 Å². The average molecular weight is 285 g/mol. The highest BCUT2D eigenvalue weighted by molar-refractivity contribution is 6.03. The lowest BCUT2D eigenvalue weighted by Crippen LogP contribution is -2.31. The number of fused-ring (bicyclic) bond motifs is 1. The second-order valence-electron chi connectivity index (χ2n) is 3.69. The zero-order chi connectivity index (χ0) is 14.9. The van der Waals surface area contributed by atoms with Gasteiger partial charge in [-0.3, -0.25) is 4.79 Å². The Balaban J connectivity index is 2.53. The van der Waals surface area contributed by atoms with Gasteiger partial charge in [-0.25, -0.2) is 14.8 Å². The van der Waals surface area contributed by atoms with E-state index in [1.807, 2.05) is 0 Å². The zero-order valence-corrected chi connectivity index (χ0v) is 9.60. The van der Waals surface area contributed by atoms with Gasteiger partial charge in [0.25, 0.3) is 0 Å². The highest BCUT2D eigenvalue weighted by atomic mass is 19.4. The lowest BCUT2D eigenvalue weighted by atomic mass is 10.2. The summed E-state index contributed by atoms with van der Waals surface area (Å²) in [6.45, 7) is 0. The standard InChI is InChI=1S/C11H6F3N3O3/c12-11(13,14)10(20)17-8-6(9(18)19)4-5-2-1-3-15-7(5)16-8/h1-4H,(H,18,19)(H,15,16,17,20). The summed E-state index contributed by atoms with van der Waals surface area (Å²) >= 11 is 0. The smallest absolute Gasteiger partial charge is 0.471 e. The van der Waals surface area contributed by atoms with Crippen molar-refractivity contribution in [3.63, 3.8) is 0 Å². The molecular weight excluding hydrogens is 279 g/mol. The molecule has 0 unspecified atom stereocenters. The van der Waals surface area contributed by atoms with Gasteiger partial charge in [0.2, 0.25) is 0 Å². The molecule has 0 atom stereocenters. The molecular formula is C11H6F3N3O3. The van der Waals surface area contributed by atoms with Gasteiger partial charge in [0, 0.05) is 11.6 Å². The van der Waals surface area contributed by atoms with Gasteiger partial charge in [-0.2, -0.15) is 13.2 Å².